The van der Waals surface area contributed by atoms with Gasteiger partial charge in [0.1, 0.15) is 5.75 Å². The van der Waals surface area contributed by atoms with Gasteiger partial charge in [0.15, 0.2) is 10.8 Å². The van der Waals surface area contributed by atoms with Gasteiger partial charge in [-0.15, -0.1) is 0 Å². The molecule has 0 aliphatic carbocycles. The van der Waals surface area contributed by atoms with Crippen LogP contribution in [0.25, 0.3) is 27.9 Å². The molecule has 21 heavy (non-hydrogen) atoms. The molecule has 0 aliphatic rings. The SMILES string of the molecule is Oc1ccc(-c2cnc3c(Cl)nc4ccccc4n23)cc1. The van der Waals surface area contributed by atoms with Crippen LogP contribution in [0, 0.1) is 0 Å². The molecule has 0 saturated heterocycles. The van der Waals surface area contributed by atoms with Crippen molar-refractivity contribution in [3.05, 3.63) is 59.9 Å². The van der Waals surface area contributed by atoms with Crippen molar-refractivity contribution < 1.29 is 5.11 Å². The van der Waals surface area contributed by atoms with Gasteiger partial charge < -0.3 is 5.11 Å². The Bertz CT molecular complexity index is 961. The lowest BCUT2D eigenvalue weighted by Crippen LogP contribution is -1.94. The van der Waals surface area contributed by atoms with Crippen LogP contribution < -0.4 is 0 Å². The monoisotopic (exact) mass is 295 g/mol. The molecule has 0 fully saturated rings. The van der Waals surface area contributed by atoms with Crippen LogP contribution in [0.3, 0.4) is 0 Å². The van der Waals surface area contributed by atoms with Crippen LogP contribution in [0.15, 0.2) is 54.7 Å². The molecule has 2 aromatic heterocycles. The molecule has 0 atom stereocenters. The molecule has 4 nitrogen and oxygen atoms in total. The van der Waals surface area contributed by atoms with Gasteiger partial charge >= 0.3 is 0 Å². The first-order valence-corrected chi connectivity index (χ1v) is 6.83. The Balaban J connectivity index is 2.13. The maximum atomic E-state index is 9.43. The number of aromatic hydroxyl groups is 1. The summed E-state index contributed by atoms with van der Waals surface area (Å²) >= 11 is 6.23. The van der Waals surface area contributed by atoms with Crippen molar-refractivity contribution in [2.24, 2.45) is 0 Å². The molecule has 0 spiro atoms. The molecule has 102 valence electrons. The van der Waals surface area contributed by atoms with E-state index in [4.69, 9.17) is 11.6 Å². The van der Waals surface area contributed by atoms with Crippen LogP contribution in [0.5, 0.6) is 5.75 Å². The summed E-state index contributed by atoms with van der Waals surface area (Å²) in [5.41, 5.74) is 4.24. The third-order valence-corrected chi connectivity index (χ3v) is 3.70. The minimum absolute atomic E-state index is 0.233. The first-order valence-electron chi connectivity index (χ1n) is 6.45. The molecule has 4 rings (SSSR count). The Morgan fingerprint density at radius 2 is 1.76 bits per heavy atom. The van der Waals surface area contributed by atoms with Crippen molar-refractivity contribution in [3.8, 4) is 17.0 Å². The van der Waals surface area contributed by atoms with E-state index in [1.807, 2.05) is 40.8 Å². The first kappa shape index (κ1) is 12.2. The smallest absolute Gasteiger partial charge is 0.175 e. The third kappa shape index (κ3) is 1.84. The van der Waals surface area contributed by atoms with E-state index in [2.05, 4.69) is 9.97 Å². The fraction of sp³-hybridized carbons (Fsp3) is 0. The summed E-state index contributed by atoms with van der Waals surface area (Å²) in [4.78, 5) is 8.74. The van der Waals surface area contributed by atoms with E-state index in [0.717, 1.165) is 22.3 Å². The maximum Gasteiger partial charge on any atom is 0.175 e. The zero-order valence-corrected chi connectivity index (χ0v) is 11.6. The molecule has 4 aromatic rings. The summed E-state index contributed by atoms with van der Waals surface area (Å²) in [7, 11) is 0. The second-order valence-electron chi connectivity index (χ2n) is 4.74. The summed E-state index contributed by atoms with van der Waals surface area (Å²) < 4.78 is 1.98. The van der Waals surface area contributed by atoms with Crippen LogP contribution >= 0.6 is 11.6 Å². The Kier molecular flexibility index (Phi) is 2.59. The van der Waals surface area contributed by atoms with Crippen molar-refractivity contribution in [2.45, 2.75) is 0 Å². The standard InChI is InChI=1S/C16H10ClN3O/c17-15-16-18-9-14(10-5-7-11(21)8-6-10)20(16)13-4-2-1-3-12(13)19-15/h1-9,21H. The van der Waals surface area contributed by atoms with E-state index in [-0.39, 0.29) is 5.75 Å². The highest BCUT2D eigenvalue weighted by molar-refractivity contribution is 6.32. The number of phenols is 1. The molecule has 2 heterocycles. The number of rotatable bonds is 1. The Labute approximate surface area is 125 Å². The van der Waals surface area contributed by atoms with Gasteiger partial charge in [0.25, 0.3) is 0 Å². The second kappa shape index (κ2) is 4.46. The van der Waals surface area contributed by atoms with Crippen LogP contribution in [0.2, 0.25) is 5.15 Å². The topological polar surface area (TPSA) is 50.4 Å². The molecule has 1 N–H and O–H groups in total. The van der Waals surface area contributed by atoms with Crippen molar-refractivity contribution in [2.75, 3.05) is 0 Å². The summed E-state index contributed by atoms with van der Waals surface area (Å²) in [5, 5.41) is 9.80. The zero-order valence-electron chi connectivity index (χ0n) is 10.9. The molecule has 0 amide bonds. The van der Waals surface area contributed by atoms with Gasteiger partial charge in [-0.05, 0) is 36.4 Å². The largest absolute Gasteiger partial charge is 0.508 e. The fourth-order valence-corrected chi connectivity index (χ4v) is 2.70. The van der Waals surface area contributed by atoms with Crippen LogP contribution in [-0.4, -0.2) is 19.5 Å². The minimum Gasteiger partial charge on any atom is -0.508 e. The number of hydrogen-bond donors (Lipinski definition) is 1. The number of hydrogen-bond acceptors (Lipinski definition) is 3. The number of benzene rings is 2. The Hall–Kier alpha value is -2.59. The first-order chi connectivity index (χ1) is 10.2. The number of para-hydroxylation sites is 2. The summed E-state index contributed by atoms with van der Waals surface area (Å²) in [6, 6.07) is 14.8. The van der Waals surface area contributed by atoms with E-state index < -0.39 is 0 Å². The summed E-state index contributed by atoms with van der Waals surface area (Å²) in [6.07, 6.45) is 1.77. The number of phenolic OH excluding ortho intramolecular Hbond substituents is 1. The molecule has 5 heteroatoms. The Morgan fingerprint density at radius 1 is 1.00 bits per heavy atom. The average Bonchev–Trinajstić information content (AvgIpc) is 2.94. The number of aromatic nitrogens is 3. The molecule has 0 bridgehead atoms. The summed E-state index contributed by atoms with van der Waals surface area (Å²) in [5.74, 6) is 0.233. The molecule has 0 aliphatic heterocycles. The third-order valence-electron chi connectivity index (χ3n) is 3.45. The summed E-state index contributed by atoms with van der Waals surface area (Å²) in [6.45, 7) is 0. The van der Waals surface area contributed by atoms with Crippen molar-refractivity contribution >= 4 is 28.3 Å². The number of fused-ring (bicyclic) bond motifs is 3. The van der Waals surface area contributed by atoms with Gasteiger partial charge in [-0.25, -0.2) is 9.97 Å². The quantitative estimate of drug-likeness (QED) is 0.579. The van der Waals surface area contributed by atoms with E-state index in [1.54, 1.807) is 18.3 Å². The van der Waals surface area contributed by atoms with Crippen LogP contribution in [-0.2, 0) is 0 Å². The lowest BCUT2D eigenvalue weighted by atomic mass is 10.1. The Morgan fingerprint density at radius 3 is 2.57 bits per heavy atom. The molecule has 0 radical (unpaired) electrons. The maximum absolute atomic E-state index is 9.43. The molecule has 0 saturated carbocycles. The highest BCUT2D eigenvalue weighted by Gasteiger charge is 2.13. The van der Waals surface area contributed by atoms with Crippen LogP contribution in [0.1, 0.15) is 0 Å². The molecular formula is C16H10ClN3O. The predicted octanol–water partition coefficient (Wildman–Crippen LogP) is 3.91. The fourth-order valence-electron chi connectivity index (χ4n) is 2.48. The van der Waals surface area contributed by atoms with E-state index >= 15 is 0 Å². The second-order valence-corrected chi connectivity index (χ2v) is 5.10. The normalized spacial score (nSPS) is 11.3. The van der Waals surface area contributed by atoms with Gasteiger partial charge in [0.2, 0.25) is 0 Å². The van der Waals surface area contributed by atoms with E-state index in [1.165, 1.54) is 0 Å². The highest BCUT2D eigenvalue weighted by Crippen LogP contribution is 2.28. The number of imidazole rings is 1. The lowest BCUT2D eigenvalue weighted by molar-refractivity contribution is 0.475. The van der Waals surface area contributed by atoms with Gasteiger partial charge in [-0.1, -0.05) is 23.7 Å². The number of nitrogens with zero attached hydrogens (tertiary/aromatic N) is 3. The van der Waals surface area contributed by atoms with Crippen LogP contribution in [0.4, 0.5) is 0 Å². The predicted molar refractivity (Wildman–Crippen MR) is 82.6 cm³/mol. The zero-order chi connectivity index (χ0) is 14.4. The molecule has 2 aromatic carbocycles. The van der Waals surface area contributed by atoms with Crippen molar-refractivity contribution in [1.82, 2.24) is 14.4 Å². The van der Waals surface area contributed by atoms with Crippen molar-refractivity contribution in [3.63, 3.8) is 0 Å². The van der Waals surface area contributed by atoms with E-state index in [0.29, 0.717) is 10.8 Å². The van der Waals surface area contributed by atoms with Crippen molar-refractivity contribution in [1.29, 1.82) is 0 Å². The van der Waals surface area contributed by atoms with Gasteiger partial charge in [0, 0.05) is 5.56 Å². The van der Waals surface area contributed by atoms with Gasteiger partial charge in [-0.3, -0.25) is 4.40 Å². The molecule has 0 unspecified atom stereocenters. The molecular weight excluding hydrogens is 286 g/mol. The lowest BCUT2D eigenvalue weighted by Gasteiger charge is -2.07. The highest BCUT2D eigenvalue weighted by atomic mass is 35.5. The van der Waals surface area contributed by atoms with Gasteiger partial charge in [0.05, 0.1) is 22.9 Å². The number of halogens is 1. The van der Waals surface area contributed by atoms with E-state index in [9.17, 15) is 5.11 Å². The minimum atomic E-state index is 0.233. The van der Waals surface area contributed by atoms with Gasteiger partial charge in [-0.2, -0.15) is 0 Å². The average molecular weight is 296 g/mol.